The van der Waals surface area contributed by atoms with Gasteiger partial charge in [0.15, 0.2) is 0 Å². The number of hydrogen-bond donors (Lipinski definition) is 0. The molecule has 3 aromatic carbocycles. The number of carbonyl (C=O) groups excluding carboxylic acids is 1. The van der Waals surface area contributed by atoms with Crippen LogP contribution in [-0.4, -0.2) is 26.9 Å². The minimum Gasteiger partial charge on any atom is -0.426 e. The van der Waals surface area contributed by atoms with Crippen molar-refractivity contribution in [3.63, 3.8) is 0 Å². The van der Waals surface area contributed by atoms with Gasteiger partial charge in [0.05, 0.1) is 0 Å². The first-order valence-electron chi connectivity index (χ1n) is 9.43. The monoisotopic (exact) mass is 481 g/mol. The number of esters is 1. The smallest absolute Gasteiger partial charge is 0.426 e. The molecule has 0 saturated heterocycles. The molecule has 0 spiro atoms. The Kier molecular flexibility index (Phi) is 5.52. The van der Waals surface area contributed by atoms with Gasteiger partial charge in [-0.25, -0.2) is 4.39 Å². The summed E-state index contributed by atoms with van der Waals surface area (Å²) in [6, 6.07) is 15.0. The Morgan fingerprint density at radius 2 is 1.58 bits per heavy atom. The minimum absolute atomic E-state index is 0.000622. The molecule has 0 saturated carbocycles. The van der Waals surface area contributed by atoms with E-state index < -0.39 is 39.1 Å². The SMILES string of the molecule is CN1c2ccccc2C(C(=O)Oc2ccc(F)cc2)c2c(OS(=O)(=O)C(F)(F)F)cccc21. The molecule has 0 amide bonds. The molecule has 3 aromatic rings. The van der Waals surface area contributed by atoms with E-state index in [-0.39, 0.29) is 17.0 Å². The third kappa shape index (κ3) is 4.11. The zero-order chi connectivity index (χ0) is 24.0. The lowest BCUT2D eigenvalue weighted by Gasteiger charge is -2.35. The van der Waals surface area contributed by atoms with Gasteiger partial charge in [-0.3, -0.25) is 4.79 Å². The first kappa shape index (κ1) is 22.6. The van der Waals surface area contributed by atoms with Crippen LogP contribution in [0.1, 0.15) is 17.0 Å². The van der Waals surface area contributed by atoms with Crippen LogP contribution in [0, 0.1) is 5.82 Å². The summed E-state index contributed by atoms with van der Waals surface area (Å²) < 4.78 is 85.4. The van der Waals surface area contributed by atoms with E-state index in [9.17, 15) is 30.8 Å². The number of anilines is 2. The highest BCUT2D eigenvalue weighted by molar-refractivity contribution is 7.88. The number of benzene rings is 3. The quantitative estimate of drug-likeness (QED) is 0.174. The summed E-state index contributed by atoms with van der Waals surface area (Å²) in [5.41, 5.74) is -4.61. The maximum Gasteiger partial charge on any atom is 0.534 e. The zero-order valence-electron chi connectivity index (χ0n) is 16.8. The van der Waals surface area contributed by atoms with Gasteiger partial charge in [0, 0.05) is 24.0 Å². The Hall–Kier alpha value is -3.60. The van der Waals surface area contributed by atoms with E-state index in [1.807, 2.05) is 0 Å². The molecule has 0 N–H and O–H groups in total. The van der Waals surface area contributed by atoms with Crippen molar-refractivity contribution in [1.29, 1.82) is 0 Å². The molecule has 1 heterocycles. The predicted octanol–water partition coefficient (Wildman–Crippen LogP) is 4.87. The fourth-order valence-corrected chi connectivity index (χ4v) is 4.07. The molecule has 6 nitrogen and oxygen atoms in total. The van der Waals surface area contributed by atoms with Crippen molar-refractivity contribution in [3.05, 3.63) is 83.7 Å². The number of nitrogens with zero attached hydrogens (tertiary/aromatic N) is 1. The molecule has 0 aromatic heterocycles. The Balaban J connectivity index is 1.86. The Morgan fingerprint density at radius 3 is 2.24 bits per heavy atom. The highest BCUT2D eigenvalue weighted by Gasteiger charge is 2.49. The van der Waals surface area contributed by atoms with E-state index in [1.165, 1.54) is 24.3 Å². The van der Waals surface area contributed by atoms with Gasteiger partial charge < -0.3 is 13.8 Å². The number of halogens is 4. The first-order valence-corrected chi connectivity index (χ1v) is 10.8. The van der Waals surface area contributed by atoms with Crippen molar-refractivity contribution < 1.29 is 39.7 Å². The van der Waals surface area contributed by atoms with Gasteiger partial charge in [0.1, 0.15) is 23.2 Å². The van der Waals surface area contributed by atoms with Crippen molar-refractivity contribution in [1.82, 2.24) is 0 Å². The molecule has 1 aliphatic rings. The second-order valence-corrected chi connectivity index (χ2v) is 8.64. The van der Waals surface area contributed by atoms with Crippen LogP contribution in [0.3, 0.4) is 0 Å². The van der Waals surface area contributed by atoms with Gasteiger partial charge in [-0.2, -0.15) is 21.6 Å². The summed E-state index contributed by atoms with van der Waals surface area (Å²) in [6.45, 7) is 0. The van der Waals surface area contributed by atoms with Gasteiger partial charge >= 0.3 is 21.6 Å². The van der Waals surface area contributed by atoms with Gasteiger partial charge in [-0.1, -0.05) is 24.3 Å². The van der Waals surface area contributed by atoms with Gasteiger partial charge in [0.25, 0.3) is 0 Å². The van der Waals surface area contributed by atoms with Crippen molar-refractivity contribution in [2.24, 2.45) is 0 Å². The topological polar surface area (TPSA) is 72.9 Å². The molecule has 1 aliphatic heterocycles. The average molecular weight is 481 g/mol. The number of rotatable bonds is 4. The van der Waals surface area contributed by atoms with Crippen LogP contribution in [0.25, 0.3) is 0 Å². The van der Waals surface area contributed by atoms with Crippen LogP contribution in [0.5, 0.6) is 11.5 Å². The number of para-hydroxylation sites is 1. The Labute approximate surface area is 186 Å². The summed E-state index contributed by atoms with van der Waals surface area (Å²) in [6.07, 6.45) is 0. The number of alkyl halides is 3. The van der Waals surface area contributed by atoms with Crippen molar-refractivity contribution in [2.75, 3.05) is 11.9 Å². The second kappa shape index (κ2) is 8.07. The van der Waals surface area contributed by atoms with E-state index in [1.54, 1.807) is 36.2 Å². The lowest BCUT2D eigenvalue weighted by molar-refractivity contribution is -0.135. The molecule has 1 atom stereocenters. The zero-order valence-corrected chi connectivity index (χ0v) is 17.7. The van der Waals surface area contributed by atoms with E-state index in [2.05, 4.69) is 4.18 Å². The highest BCUT2D eigenvalue weighted by atomic mass is 32.2. The lowest BCUT2D eigenvalue weighted by atomic mass is 9.84. The highest BCUT2D eigenvalue weighted by Crippen LogP contribution is 2.49. The number of ether oxygens (including phenoxy) is 1. The van der Waals surface area contributed by atoms with Gasteiger partial charge in [-0.05, 0) is 48.0 Å². The molecular weight excluding hydrogens is 466 g/mol. The standard InChI is InChI=1S/C22H15F4NO5S/c1-27-16-6-3-2-5-15(16)19(21(28)31-14-11-9-13(23)10-12-14)20-17(27)7-4-8-18(20)32-33(29,30)22(24,25)26/h2-12,19H,1H3. The van der Waals surface area contributed by atoms with Crippen LogP contribution < -0.4 is 13.8 Å². The first-order chi connectivity index (χ1) is 15.5. The van der Waals surface area contributed by atoms with Gasteiger partial charge in [0.2, 0.25) is 0 Å². The molecule has 11 heteroatoms. The predicted molar refractivity (Wildman–Crippen MR) is 110 cm³/mol. The van der Waals surface area contributed by atoms with Crippen LogP contribution in [0.15, 0.2) is 66.7 Å². The van der Waals surface area contributed by atoms with Crippen molar-refractivity contribution in [2.45, 2.75) is 11.4 Å². The fourth-order valence-electron chi connectivity index (χ4n) is 3.60. The van der Waals surface area contributed by atoms with E-state index >= 15 is 0 Å². The summed E-state index contributed by atoms with van der Waals surface area (Å²) in [5.74, 6) is -3.45. The van der Waals surface area contributed by atoms with Crippen LogP contribution in [0.2, 0.25) is 0 Å². The normalized spacial score (nSPS) is 15.4. The van der Waals surface area contributed by atoms with Crippen LogP contribution in [0.4, 0.5) is 28.9 Å². The Bertz CT molecular complexity index is 1320. The second-order valence-electron chi connectivity index (χ2n) is 7.10. The van der Waals surface area contributed by atoms with Crippen molar-refractivity contribution >= 4 is 27.5 Å². The molecule has 0 aliphatic carbocycles. The molecule has 33 heavy (non-hydrogen) atoms. The number of fused-ring (bicyclic) bond motifs is 2. The average Bonchev–Trinajstić information content (AvgIpc) is 2.75. The van der Waals surface area contributed by atoms with Gasteiger partial charge in [-0.15, -0.1) is 0 Å². The van der Waals surface area contributed by atoms with Crippen LogP contribution >= 0.6 is 0 Å². The summed E-state index contributed by atoms with van der Waals surface area (Å²) in [4.78, 5) is 14.8. The molecule has 4 rings (SSSR count). The minimum atomic E-state index is -6.00. The summed E-state index contributed by atoms with van der Waals surface area (Å²) >= 11 is 0. The summed E-state index contributed by atoms with van der Waals surface area (Å²) in [5, 5.41) is 0. The molecule has 1 unspecified atom stereocenters. The van der Waals surface area contributed by atoms with Crippen LogP contribution in [-0.2, 0) is 14.9 Å². The summed E-state index contributed by atoms with van der Waals surface area (Å²) in [7, 11) is -4.39. The fraction of sp³-hybridized carbons (Fsp3) is 0.136. The Morgan fingerprint density at radius 1 is 0.939 bits per heavy atom. The van der Waals surface area contributed by atoms with E-state index in [4.69, 9.17) is 4.74 Å². The molecule has 0 fully saturated rings. The third-order valence-corrected chi connectivity index (χ3v) is 6.02. The van der Waals surface area contributed by atoms with Crippen molar-refractivity contribution in [3.8, 4) is 11.5 Å². The maximum atomic E-state index is 13.2. The van der Waals surface area contributed by atoms with E-state index in [0.29, 0.717) is 11.3 Å². The molecule has 0 radical (unpaired) electrons. The lowest BCUT2D eigenvalue weighted by Crippen LogP contribution is -2.31. The molecule has 0 bridgehead atoms. The molecule has 172 valence electrons. The third-order valence-electron chi connectivity index (χ3n) is 5.05. The number of hydrogen-bond acceptors (Lipinski definition) is 6. The number of carbonyl (C=O) groups is 1. The largest absolute Gasteiger partial charge is 0.534 e. The van der Waals surface area contributed by atoms with E-state index in [0.717, 1.165) is 18.2 Å². The maximum absolute atomic E-state index is 13.2. The molecular formula is C22H15F4NO5S.